The van der Waals surface area contributed by atoms with Crippen LogP contribution in [-0.4, -0.2) is 45.0 Å². The largest absolute Gasteiger partial charge is 0.463 e. The smallest absolute Gasteiger partial charge is 0.330 e. The van der Waals surface area contributed by atoms with Crippen molar-refractivity contribution in [1.82, 2.24) is 0 Å². The number of carbonyl (C=O) groups excluding carboxylic acids is 1. The molecule has 214 valence electrons. The number of hydrogen-bond donors (Lipinski definition) is 0. The zero-order valence-electron chi connectivity index (χ0n) is 24.9. The van der Waals surface area contributed by atoms with Crippen LogP contribution in [0, 0.1) is 0 Å². The third kappa shape index (κ3) is 8.37. The predicted molar refractivity (Wildman–Crippen MR) is 161 cm³/mol. The molecule has 0 unspecified atom stereocenters. The van der Waals surface area contributed by atoms with Crippen molar-refractivity contribution in [3.05, 3.63) is 72.8 Å². The van der Waals surface area contributed by atoms with E-state index in [1.165, 1.54) is 16.4 Å². The average Bonchev–Trinajstić information content (AvgIpc) is 3.19. The van der Waals surface area contributed by atoms with E-state index in [0.29, 0.717) is 6.61 Å². The van der Waals surface area contributed by atoms with Gasteiger partial charge in [-0.3, -0.25) is 0 Å². The summed E-state index contributed by atoms with van der Waals surface area (Å²) in [6, 6.07) is 21.7. The highest BCUT2D eigenvalue weighted by Gasteiger charge is 2.50. The Labute approximate surface area is 237 Å². The van der Waals surface area contributed by atoms with Crippen molar-refractivity contribution in [3.8, 4) is 0 Å². The first-order chi connectivity index (χ1) is 18.5. The minimum Gasteiger partial charge on any atom is -0.463 e. The lowest BCUT2D eigenvalue weighted by Gasteiger charge is -2.44. The molecule has 2 aromatic rings. The minimum atomic E-state index is -2.53. The van der Waals surface area contributed by atoms with Crippen molar-refractivity contribution < 1.29 is 23.4 Å². The van der Waals surface area contributed by atoms with Crippen molar-refractivity contribution >= 4 is 24.7 Å². The molecule has 1 aliphatic rings. The second-order valence-electron chi connectivity index (χ2n) is 12.0. The predicted octanol–water partition coefficient (Wildman–Crippen LogP) is 6.54. The lowest BCUT2D eigenvalue weighted by molar-refractivity contribution is -0.144. The maximum absolute atomic E-state index is 11.8. The van der Waals surface area contributed by atoms with Crippen molar-refractivity contribution in [3.63, 3.8) is 0 Å². The van der Waals surface area contributed by atoms with E-state index in [9.17, 15) is 4.79 Å². The molecule has 0 amide bonds. The Morgan fingerprint density at radius 2 is 1.56 bits per heavy atom. The fourth-order valence-electron chi connectivity index (χ4n) is 5.62. The molecule has 1 saturated heterocycles. The third-order valence-corrected chi connectivity index (χ3v) is 12.5. The first-order valence-corrected chi connectivity index (χ1v) is 16.4. The highest BCUT2D eigenvalue weighted by Crippen LogP contribution is 2.38. The summed E-state index contributed by atoms with van der Waals surface area (Å²) in [4.78, 5) is 11.8. The monoisotopic (exact) mass is 552 g/mol. The highest BCUT2D eigenvalue weighted by molar-refractivity contribution is 6.99. The zero-order chi connectivity index (χ0) is 28.5. The first-order valence-electron chi connectivity index (χ1n) is 14.5. The summed E-state index contributed by atoms with van der Waals surface area (Å²) in [5.41, 5.74) is 0. The molecule has 6 heteroatoms. The summed E-state index contributed by atoms with van der Waals surface area (Å²) in [6.45, 7) is 15.2. The number of hydrogen-bond acceptors (Lipinski definition) is 5. The molecule has 39 heavy (non-hydrogen) atoms. The Morgan fingerprint density at radius 1 is 0.974 bits per heavy atom. The summed E-state index contributed by atoms with van der Waals surface area (Å²) < 4.78 is 24.4. The Hall–Kier alpha value is -2.25. The number of ether oxygens (including phenoxy) is 3. The summed E-state index contributed by atoms with van der Waals surface area (Å²) in [5, 5.41) is 2.61. The van der Waals surface area contributed by atoms with Gasteiger partial charge in [0.25, 0.3) is 8.32 Å². The van der Waals surface area contributed by atoms with E-state index in [1.807, 2.05) is 13.8 Å². The molecule has 0 radical (unpaired) electrons. The van der Waals surface area contributed by atoms with Gasteiger partial charge in [0, 0.05) is 12.2 Å². The molecule has 0 N–H and O–H groups in total. The lowest BCUT2D eigenvalue weighted by Crippen LogP contribution is -2.67. The average molecular weight is 553 g/mol. The van der Waals surface area contributed by atoms with Crippen LogP contribution >= 0.6 is 0 Å². The molecule has 5 nitrogen and oxygen atoms in total. The van der Waals surface area contributed by atoms with Crippen LogP contribution in [0.3, 0.4) is 0 Å². The van der Waals surface area contributed by atoms with Gasteiger partial charge in [0.1, 0.15) is 6.10 Å². The molecule has 0 saturated carbocycles. The van der Waals surface area contributed by atoms with E-state index >= 15 is 0 Å². The van der Waals surface area contributed by atoms with Gasteiger partial charge >= 0.3 is 5.97 Å². The molecule has 0 aliphatic carbocycles. The molecular formula is C33H48O5Si. The SMILES string of the molecule is CCOC(=O)/C=C\[C@@H]1OC(C)(C)O[C@H]1CCCCC[C@@H](C)O[Si](c1ccccc1)(c1ccccc1)C(C)(C)C. The number of carbonyl (C=O) groups is 1. The summed E-state index contributed by atoms with van der Waals surface area (Å²) in [5.74, 6) is -1.01. The van der Waals surface area contributed by atoms with Crippen molar-refractivity contribution in [2.75, 3.05) is 6.61 Å². The van der Waals surface area contributed by atoms with Gasteiger partial charge in [-0.1, -0.05) is 101 Å². The van der Waals surface area contributed by atoms with Crippen LogP contribution in [0.5, 0.6) is 0 Å². The van der Waals surface area contributed by atoms with Gasteiger partial charge in [0.2, 0.25) is 0 Å². The fraction of sp³-hybridized carbons (Fsp3) is 0.545. The quantitative estimate of drug-likeness (QED) is 0.122. The van der Waals surface area contributed by atoms with Gasteiger partial charge in [-0.05, 0) is 62.0 Å². The van der Waals surface area contributed by atoms with Crippen LogP contribution in [0.2, 0.25) is 5.04 Å². The number of esters is 1. The standard InChI is InChI=1S/C33H48O5Si/c1-8-35-31(34)25-24-30-29(36-33(6,7)37-30)23-17-9-12-18-26(2)38-39(32(3,4)5,27-19-13-10-14-20-27)28-21-15-11-16-22-28/h10-11,13-16,19-22,24-26,29-30H,8-9,12,17-18,23H2,1-7H3/b25-24-/t26-,29+,30+/m1/s1. The molecule has 2 aromatic carbocycles. The van der Waals surface area contributed by atoms with E-state index in [0.717, 1.165) is 32.1 Å². The molecule has 1 aliphatic heterocycles. The third-order valence-electron chi connectivity index (χ3n) is 7.32. The summed E-state index contributed by atoms with van der Waals surface area (Å²) in [7, 11) is -2.53. The van der Waals surface area contributed by atoms with E-state index in [2.05, 4.69) is 88.4 Å². The Morgan fingerprint density at radius 3 is 2.10 bits per heavy atom. The minimum absolute atomic E-state index is 0.0251. The number of rotatable bonds is 13. The normalized spacial score (nSPS) is 20.3. The first kappa shape index (κ1) is 31.3. The zero-order valence-corrected chi connectivity index (χ0v) is 25.9. The van der Waals surface area contributed by atoms with E-state index in [4.69, 9.17) is 18.6 Å². The summed E-state index contributed by atoms with van der Waals surface area (Å²) >= 11 is 0. The lowest BCUT2D eigenvalue weighted by atomic mass is 10.0. The second kappa shape index (κ2) is 13.9. The van der Waals surface area contributed by atoms with Gasteiger partial charge < -0.3 is 18.6 Å². The molecule has 0 aromatic heterocycles. The molecule has 0 spiro atoms. The van der Waals surface area contributed by atoms with Crippen molar-refractivity contribution in [1.29, 1.82) is 0 Å². The van der Waals surface area contributed by atoms with E-state index < -0.39 is 14.1 Å². The van der Waals surface area contributed by atoms with Gasteiger partial charge in [-0.2, -0.15) is 0 Å². The van der Waals surface area contributed by atoms with Crippen molar-refractivity contribution in [2.45, 2.75) is 110 Å². The van der Waals surface area contributed by atoms with E-state index in [1.54, 1.807) is 13.0 Å². The fourth-order valence-corrected chi connectivity index (χ4v) is 10.4. The topological polar surface area (TPSA) is 54.0 Å². The Balaban J connectivity index is 1.60. The molecular weight excluding hydrogens is 504 g/mol. The van der Waals surface area contributed by atoms with Crippen LogP contribution in [0.15, 0.2) is 72.8 Å². The number of unbranched alkanes of at least 4 members (excludes halogenated alkanes) is 2. The van der Waals surface area contributed by atoms with Gasteiger partial charge in [-0.25, -0.2) is 4.79 Å². The molecule has 3 rings (SSSR count). The molecule has 0 bridgehead atoms. The maximum Gasteiger partial charge on any atom is 0.330 e. The van der Waals surface area contributed by atoms with E-state index in [-0.39, 0.29) is 29.3 Å². The molecule has 1 heterocycles. The maximum atomic E-state index is 11.8. The molecule has 3 atom stereocenters. The number of benzene rings is 2. The van der Waals surface area contributed by atoms with Crippen LogP contribution in [0.1, 0.15) is 80.6 Å². The summed E-state index contributed by atoms with van der Waals surface area (Å²) in [6.07, 6.45) is 8.13. The van der Waals surface area contributed by atoms with Crippen LogP contribution < -0.4 is 10.4 Å². The Kier molecular flexibility index (Phi) is 11.1. The highest BCUT2D eigenvalue weighted by atomic mass is 28.4. The van der Waals surface area contributed by atoms with Gasteiger partial charge in [-0.15, -0.1) is 0 Å². The van der Waals surface area contributed by atoms with Crippen LogP contribution in [0.25, 0.3) is 0 Å². The molecule has 1 fully saturated rings. The van der Waals surface area contributed by atoms with Crippen LogP contribution in [-0.2, 0) is 23.4 Å². The van der Waals surface area contributed by atoms with Crippen molar-refractivity contribution in [2.24, 2.45) is 0 Å². The van der Waals surface area contributed by atoms with Gasteiger partial charge in [0.05, 0.1) is 12.7 Å². The Bertz CT molecular complexity index is 1010. The van der Waals surface area contributed by atoms with Gasteiger partial charge in [0.15, 0.2) is 5.79 Å². The second-order valence-corrected chi connectivity index (χ2v) is 16.2. The van der Waals surface area contributed by atoms with Crippen LogP contribution in [0.4, 0.5) is 0 Å².